The number of nitrogens with zero attached hydrogens (tertiary/aromatic N) is 1. The molecule has 0 aliphatic carbocycles. The van der Waals surface area contributed by atoms with Crippen molar-refractivity contribution in [2.24, 2.45) is 0 Å². The van der Waals surface area contributed by atoms with Gasteiger partial charge in [-0.25, -0.2) is 4.79 Å². The molecule has 0 bridgehead atoms. The molecule has 0 amide bonds. The Morgan fingerprint density at radius 2 is 1.53 bits per heavy atom. The van der Waals surface area contributed by atoms with E-state index in [0.29, 0.717) is 11.3 Å². The van der Waals surface area contributed by atoms with Crippen LogP contribution in [-0.4, -0.2) is 20.1 Å². The number of anilines is 1. The number of carbonyl (C=O) groups is 1. The second kappa shape index (κ2) is 5.57. The monoisotopic (exact) mass is 255 g/mol. The van der Waals surface area contributed by atoms with Crippen LogP contribution in [0.25, 0.3) is 0 Å². The van der Waals surface area contributed by atoms with Crippen molar-refractivity contribution in [3.8, 4) is 5.75 Å². The van der Waals surface area contributed by atoms with Crippen LogP contribution in [0.2, 0.25) is 0 Å². The lowest BCUT2D eigenvalue weighted by Gasteiger charge is -2.12. The van der Waals surface area contributed by atoms with Crippen molar-refractivity contribution < 1.29 is 9.53 Å². The van der Waals surface area contributed by atoms with Crippen molar-refractivity contribution in [3.63, 3.8) is 0 Å². The fourth-order valence-electron chi connectivity index (χ4n) is 1.67. The first kappa shape index (κ1) is 13.1. The average molecular weight is 255 g/mol. The van der Waals surface area contributed by atoms with E-state index in [9.17, 15) is 4.79 Å². The first-order chi connectivity index (χ1) is 9.06. The Labute approximate surface area is 113 Å². The average Bonchev–Trinajstić information content (AvgIpc) is 2.41. The minimum absolute atomic E-state index is 0.339. The van der Waals surface area contributed by atoms with Crippen LogP contribution in [0.1, 0.15) is 15.9 Å². The van der Waals surface area contributed by atoms with E-state index in [1.807, 2.05) is 50.2 Å². The normalized spacial score (nSPS) is 10.1. The summed E-state index contributed by atoms with van der Waals surface area (Å²) < 4.78 is 5.30. The summed E-state index contributed by atoms with van der Waals surface area (Å²) >= 11 is 0. The van der Waals surface area contributed by atoms with Gasteiger partial charge in [-0.15, -0.1) is 0 Å². The highest BCUT2D eigenvalue weighted by molar-refractivity contribution is 5.91. The van der Waals surface area contributed by atoms with E-state index in [2.05, 4.69) is 0 Å². The summed E-state index contributed by atoms with van der Waals surface area (Å²) in [5.74, 6) is 0.224. The van der Waals surface area contributed by atoms with Gasteiger partial charge in [0, 0.05) is 19.8 Å². The van der Waals surface area contributed by atoms with E-state index in [1.54, 1.807) is 24.3 Å². The lowest BCUT2D eigenvalue weighted by molar-refractivity contribution is 0.0735. The van der Waals surface area contributed by atoms with Crippen molar-refractivity contribution in [3.05, 3.63) is 59.7 Å². The van der Waals surface area contributed by atoms with Gasteiger partial charge in [-0.05, 0) is 43.3 Å². The Bertz CT molecular complexity index is 556. The molecule has 0 radical (unpaired) electrons. The van der Waals surface area contributed by atoms with E-state index < -0.39 is 0 Å². The molecule has 0 spiro atoms. The number of rotatable bonds is 3. The molecule has 2 aromatic carbocycles. The van der Waals surface area contributed by atoms with Crippen LogP contribution >= 0.6 is 0 Å². The third-order valence-corrected chi connectivity index (χ3v) is 2.85. The summed E-state index contributed by atoms with van der Waals surface area (Å²) in [6.45, 7) is 1.99. The van der Waals surface area contributed by atoms with Gasteiger partial charge in [-0.1, -0.05) is 17.7 Å². The molecule has 3 heteroatoms. The summed E-state index contributed by atoms with van der Waals surface area (Å²) in [6, 6.07) is 14.7. The summed E-state index contributed by atoms with van der Waals surface area (Å²) in [6.07, 6.45) is 0. The van der Waals surface area contributed by atoms with Gasteiger partial charge in [0.25, 0.3) is 0 Å². The third-order valence-electron chi connectivity index (χ3n) is 2.85. The van der Waals surface area contributed by atoms with Gasteiger partial charge in [0.1, 0.15) is 5.75 Å². The molecule has 0 atom stereocenters. The molecule has 0 aliphatic heterocycles. The molecule has 2 rings (SSSR count). The lowest BCUT2D eigenvalue weighted by atomic mass is 10.2. The summed E-state index contributed by atoms with van der Waals surface area (Å²) in [7, 11) is 3.92. The van der Waals surface area contributed by atoms with E-state index >= 15 is 0 Å². The Kier molecular flexibility index (Phi) is 3.85. The van der Waals surface area contributed by atoms with Gasteiger partial charge in [-0.3, -0.25) is 0 Å². The predicted molar refractivity (Wildman–Crippen MR) is 76.9 cm³/mol. The highest BCUT2D eigenvalue weighted by Gasteiger charge is 2.08. The smallest absolute Gasteiger partial charge is 0.343 e. The van der Waals surface area contributed by atoms with E-state index in [0.717, 1.165) is 11.3 Å². The van der Waals surface area contributed by atoms with Crippen molar-refractivity contribution >= 4 is 11.7 Å². The maximum Gasteiger partial charge on any atom is 0.343 e. The Hall–Kier alpha value is -2.29. The van der Waals surface area contributed by atoms with Crippen LogP contribution in [-0.2, 0) is 0 Å². The van der Waals surface area contributed by atoms with Gasteiger partial charge in [0.2, 0.25) is 0 Å². The van der Waals surface area contributed by atoms with Crippen LogP contribution in [0, 0.1) is 6.92 Å². The molecule has 19 heavy (non-hydrogen) atoms. The maximum atomic E-state index is 11.9. The molecule has 0 saturated carbocycles. The maximum absolute atomic E-state index is 11.9. The highest BCUT2D eigenvalue weighted by atomic mass is 16.5. The zero-order valence-electron chi connectivity index (χ0n) is 11.4. The highest BCUT2D eigenvalue weighted by Crippen LogP contribution is 2.16. The number of carbonyl (C=O) groups excluding carboxylic acids is 1. The molecule has 0 heterocycles. The minimum Gasteiger partial charge on any atom is -0.423 e. The van der Waals surface area contributed by atoms with Crippen molar-refractivity contribution in [1.82, 2.24) is 0 Å². The zero-order chi connectivity index (χ0) is 13.8. The van der Waals surface area contributed by atoms with Gasteiger partial charge in [-0.2, -0.15) is 0 Å². The van der Waals surface area contributed by atoms with Crippen LogP contribution in [0.15, 0.2) is 48.5 Å². The molecular formula is C16H17NO2. The zero-order valence-corrected chi connectivity index (χ0v) is 11.4. The van der Waals surface area contributed by atoms with Gasteiger partial charge < -0.3 is 9.64 Å². The molecule has 0 aromatic heterocycles. The van der Waals surface area contributed by atoms with Crippen LogP contribution in [0.5, 0.6) is 5.75 Å². The van der Waals surface area contributed by atoms with Crippen molar-refractivity contribution in [1.29, 1.82) is 0 Å². The predicted octanol–water partition coefficient (Wildman–Crippen LogP) is 3.28. The van der Waals surface area contributed by atoms with Gasteiger partial charge >= 0.3 is 5.97 Å². The fourth-order valence-corrected chi connectivity index (χ4v) is 1.67. The Morgan fingerprint density at radius 1 is 0.947 bits per heavy atom. The minimum atomic E-state index is -0.339. The van der Waals surface area contributed by atoms with E-state index in [-0.39, 0.29) is 5.97 Å². The number of benzene rings is 2. The molecule has 0 saturated heterocycles. The summed E-state index contributed by atoms with van der Waals surface area (Å²) in [5.41, 5.74) is 2.73. The number of aryl methyl sites for hydroxylation is 1. The number of hydrogen-bond acceptors (Lipinski definition) is 3. The number of ether oxygens (including phenoxy) is 1. The van der Waals surface area contributed by atoms with Crippen LogP contribution < -0.4 is 9.64 Å². The summed E-state index contributed by atoms with van der Waals surface area (Å²) in [4.78, 5) is 13.9. The molecule has 0 fully saturated rings. The van der Waals surface area contributed by atoms with Crippen molar-refractivity contribution in [2.75, 3.05) is 19.0 Å². The first-order valence-electron chi connectivity index (χ1n) is 6.12. The van der Waals surface area contributed by atoms with Crippen LogP contribution in [0.3, 0.4) is 0 Å². The third kappa shape index (κ3) is 3.35. The molecule has 2 aromatic rings. The molecule has 0 aliphatic rings. The van der Waals surface area contributed by atoms with Gasteiger partial charge in [0.05, 0.1) is 5.56 Å². The number of esters is 1. The van der Waals surface area contributed by atoms with Gasteiger partial charge in [0.15, 0.2) is 0 Å². The topological polar surface area (TPSA) is 29.5 Å². The first-order valence-corrected chi connectivity index (χ1v) is 6.12. The Morgan fingerprint density at radius 3 is 2.05 bits per heavy atom. The SMILES string of the molecule is Cc1ccc(OC(=O)c2ccc(N(C)C)cc2)cc1. The molecule has 98 valence electrons. The lowest BCUT2D eigenvalue weighted by Crippen LogP contribution is -2.11. The molecule has 3 nitrogen and oxygen atoms in total. The van der Waals surface area contributed by atoms with Crippen LogP contribution in [0.4, 0.5) is 5.69 Å². The van der Waals surface area contributed by atoms with E-state index in [1.165, 1.54) is 0 Å². The number of hydrogen-bond donors (Lipinski definition) is 0. The molecule has 0 N–H and O–H groups in total. The standard InChI is InChI=1S/C16H17NO2/c1-12-4-10-15(11-5-12)19-16(18)13-6-8-14(9-7-13)17(2)3/h4-11H,1-3H3. The second-order valence-electron chi connectivity index (χ2n) is 4.64. The fraction of sp³-hybridized carbons (Fsp3) is 0.188. The molecular weight excluding hydrogens is 238 g/mol. The van der Waals surface area contributed by atoms with E-state index in [4.69, 9.17) is 4.74 Å². The largest absolute Gasteiger partial charge is 0.423 e. The Balaban J connectivity index is 2.09. The quantitative estimate of drug-likeness (QED) is 0.622. The second-order valence-corrected chi connectivity index (χ2v) is 4.64. The molecule has 0 unspecified atom stereocenters. The van der Waals surface area contributed by atoms with Crippen molar-refractivity contribution in [2.45, 2.75) is 6.92 Å². The summed E-state index contributed by atoms with van der Waals surface area (Å²) in [5, 5.41) is 0.